The van der Waals surface area contributed by atoms with Crippen molar-refractivity contribution in [3.63, 3.8) is 0 Å². The van der Waals surface area contributed by atoms with Crippen molar-refractivity contribution in [1.29, 1.82) is 0 Å². The summed E-state index contributed by atoms with van der Waals surface area (Å²) in [6.45, 7) is 0. The zero-order valence-electron chi connectivity index (χ0n) is 4.37. The molecular weight excluding hydrogens is 122 g/mol. The molecule has 0 fully saturated rings. The SMILES string of the molecule is O=C(O)C1=CC=NC1=O. The molecule has 0 aromatic carbocycles. The fourth-order valence-corrected chi connectivity index (χ4v) is 0.483. The van der Waals surface area contributed by atoms with Gasteiger partial charge in [0.25, 0.3) is 5.91 Å². The van der Waals surface area contributed by atoms with Crippen LogP contribution >= 0.6 is 0 Å². The van der Waals surface area contributed by atoms with Crippen molar-refractivity contribution in [1.82, 2.24) is 0 Å². The molecule has 0 saturated carbocycles. The second kappa shape index (κ2) is 1.81. The Hall–Kier alpha value is -1.45. The minimum Gasteiger partial charge on any atom is -0.477 e. The molecule has 1 N–H and O–H groups in total. The maximum Gasteiger partial charge on any atom is 0.341 e. The zero-order valence-corrected chi connectivity index (χ0v) is 4.37. The molecule has 0 aromatic rings. The number of nitrogens with zero attached hydrogens (tertiary/aromatic N) is 1. The Kier molecular flexibility index (Phi) is 1.14. The Bertz CT molecular complexity index is 226. The largest absolute Gasteiger partial charge is 0.477 e. The first-order chi connectivity index (χ1) is 4.22. The fourth-order valence-electron chi connectivity index (χ4n) is 0.483. The molecule has 1 heterocycles. The molecule has 0 aliphatic carbocycles. The highest BCUT2D eigenvalue weighted by molar-refractivity contribution is 6.23. The van der Waals surface area contributed by atoms with Crippen molar-refractivity contribution in [2.24, 2.45) is 4.99 Å². The summed E-state index contributed by atoms with van der Waals surface area (Å²) < 4.78 is 0. The van der Waals surface area contributed by atoms with E-state index in [1.54, 1.807) is 0 Å². The van der Waals surface area contributed by atoms with Gasteiger partial charge in [0, 0.05) is 6.21 Å². The van der Waals surface area contributed by atoms with Gasteiger partial charge in [-0.1, -0.05) is 0 Å². The van der Waals surface area contributed by atoms with Crippen molar-refractivity contribution < 1.29 is 14.7 Å². The third-order valence-electron chi connectivity index (χ3n) is 0.894. The molecule has 4 heteroatoms. The number of hydrogen-bond acceptors (Lipinski definition) is 2. The first-order valence-corrected chi connectivity index (χ1v) is 2.24. The molecule has 0 unspecified atom stereocenters. The maximum absolute atomic E-state index is 10.4. The number of allylic oxidation sites excluding steroid dienone is 1. The number of hydrogen-bond donors (Lipinski definition) is 1. The van der Waals surface area contributed by atoms with E-state index >= 15 is 0 Å². The Morgan fingerprint density at radius 3 is 2.56 bits per heavy atom. The van der Waals surface area contributed by atoms with Gasteiger partial charge in [0.05, 0.1) is 0 Å². The summed E-state index contributed by atoms with van der Waals surface area (Å²) in [5, 5.41) is 8.21. The summed E-state index contributed by atoms with van der Waals surface area (Å²) in [6.07, 6.45) is 2.34. The van der Waals surface area contributed by atoms with Crippen LogP contribution in [0.5, 0.6) is 0 Å². The first-order valence-electron chi connectivity index (χ1n) is 2.24. The smallest absolute Gasteiger partial charge is 0.341 e. The van der Waals surface area contributed by atoms with E-state index in [1.807, 2.05) is 0 Å². The van der Waals surface area contributed by atoms with Gasteiger partial charge in [-0.2, -0.15) is 0 Å². The van der Waals surface area contributed by atoms with Crippen LogP contribution in [0.3, 0.4) is 0 Å². The van der Waals surface area contributed by atoms with Gasteiger partial charge in [-0.15, -0.1) is 0 Å². The van der Waals surface area contributed by atoms with Gasteiger partial charge in [-0.3, -0.25) is 4.79 Å². The molecule has 0 radical (unpaired) electrons. The third-order valence-corrected chi connectivity index (χ3v) is 0.894. The standard InChI is InChI=1S/C5H3NO3/c7-4-3(5(8)9)1-2-6-4/h1-2H,(H,8,9). The van der Waals surface area contributed by atoms with E-state index in [9.17, 15) is 9.59 Å². The number of carbonyl (C=O) groups excluding carboxylic acids is 1. The van der Waals surface area contributed by atoms with Gasteiger partial charge >= 0.3 is 5.97 Å². The molecule has 0 atom stereocenters. The lowest BCUT2D eigenvalue weighted by Crippen LogP contribution is -2.06. The Morgan fingerprint density at radius 2 is 2.33 bits per heavy atom. The first kappa shape index (κ1) is 5.68. The number of aliphatic imine (C=N–C) groups is 1. The lowest BCUT2D eigenvalue weighted by atomic mass is 10.3. The van der Waals surface area contributed by atoms with E-state index < -0.39 is 11.9 Å². The monoisotopic (exact) mass is 125 g/mol. The van der Waals surface area contributed by atoms with Gasteiger partial charge in [0.1, 0.15) is 5.57 Å². The summed E-state index contributed by atoms with van der Waals surface area (Å²) in [5.74, 6) is -1.90. The van der Waals surface area contributed by atoms with Crippen molar-refractivity contribution in [3.8, 4) is 0 Å². The van der Waals surface area contributed by atoms with E-state index in [2.05, 4.69) is 4.99 Å². The highest BCUT2D eigenvalue weighted by atomic mass is 16.4. The third kappa shape index (κ3) is 0.861. The van der Waals surface area contributed by atoms with Gasteiger partial charge < -0.3 is 5.11 Å². The van der Waals surface area contributed by atoms with Crippen LogP contribution in [0, 0.1) is 0 Å². The number of carbonyl (C=O) groups is 2. The molecule has 1 amide bonds. The Labute approximate surface area is 50.5 Å². The predicted octanol–water partition coefficient (Wildman–Crippen LogP) is -0.392. The topological polar surface area (TPSA) is 66.7 Å². The molecule has 4 nitrogen and oxygen atoms in total. The van der Waals surface area contributed by atoms with Crippen molar-refractivity contribution >= 4 is 18.1 Å². The van der Waals surface area contributed by atoms with Gasteiger partial charge in [0.15, 0.2) is 0 Å². The van der Waals surface area contributed by atoms with Crippen LogP contribution in [-0.4, -0.2) is 23.2 Å². The number of carboxylic acid groups (broad SMARTS) is 1. The van der Waals surface area contributed by atoms with E-state index in [0.29, 0.717) is 0 Å². The number of rotatable bonds is 1. The van der Waals surface area contributed by atoms with Crippen LogP contribution in [0.2, 0.25) is 0 Å². The van der Waals surface area contributed by atoms with E-state index in [-0.39, 0.29) is 5.57 Å². The highest BCUT2D eigenvalue weighted by Gasteiger charge is 2.17. The molecule has 0 spiro atoms. The molecule has 1 rings (SSSR count). The Morgan fingerprint density at radius 1 is 1.67 bits per heavy atom. The molecule has 0 aromatic heterocycles. The average Bonchev–Trinajstić information content (AvgIpc) is 2.13. The second-order valence-corrected chi connectivity index (χ2v) is 1.47. The normalized spacial score (nSPS) is 16.0. The van der Waals surface area contributed by atoms with Gasteiger partial charge in [-0.25, -0.2) is 9.79 Å². The van der Waals surface area contributed by atoms with Crippen molar-refractivity contribution in [2.75, 3.05) is 0 Å². The molecule has 46 valence electrons. The lowest BCUT2D eigenvalue weighted by molar-refractivity contribution is -0.134. The number of aliphatic carboxylic acids is 1. The van der Waals surface area contributed by atoms with Crippen molar-refractivity contribution in [3.05, 3.63) is 11.6 Å². The molecule has 0 saturated heterocycles. The Balaban J connectivity index is 2.88. The number of carboxylic acids is 1. The lowest BCUT2D eigenvalue weighted by Gasteiger charge is -1.85. The molecule has 9 heavy (non-hydrogen) atoms. The molecule has 1 aliphatic rings. The summed E-state index contributed by atoms with van der Waals surface area (Å²) in [6, 6.07) is 0. The predicted molar refractivity (Wildman–Crippen MR) is 29.2 cm³/mol. The highest BCUT2D eigenvalue weighted by Crippen LogP contribution is 2.01. The fraction of sp³-hybridized carbons (Fsp3) is 0. The average molecular weight is 125 g/mol. The number of amides is 1. The summed E-state index contributed by atoms with van der Waals surface area (Å²) in [4.78, 5) is 23.6. The summed E-state index contributed by atoms with van der Waals surface area (Å²) >= 11 is 0. The zero-order chi connectivity index (χ0) is 6.85. The minimum absolute atomic E-state index is 0.269. The molecule has 0 bridgehead atoms. The quantitative estimate of drug-likeness (QED) is 0.485. The van der Waals surface area contributed by atoms with Crippen LogP contribution < -0.4 is 0 Å². The summed E-state index contributed by atoms with van der Waals surface area (Å²) in [7, 11) is 0. The van der Waals surface area contributed by atoms with E-state index in [4.69, 9.17) is 5.11 Å². The minimum atomic E-state index is -1.22. The summed E-state index contributed by atoms with van der Waals surface area (Å²) in [5.41, 5.74) is -0.269. The molecule has 1 aliphatic heterocycles. The van der Waals surface area contributed by atoms with E-state index in [1.165, 1.54) is 12.3 Å². The van der Waals surface area contributed by atoms with Crippen molar-refractivity contribution in [2.45, 2.75) is 0 Å². The second-order valence-electron chi connectivity index (χ2n) is 1.47. The van der Waals surface area contributed by atoms with Crippen LogP contribution in [0.4, 0.5) is 0 Å². The van der Waals surface area contributed by atoms with Crippen LogP contribution in [0.15, 0.2) is 16.6 Å². The van der Waals surface area contributed by atoms with Crippen LogP contribution in [0.1, 0.15) is 0 Å². The maximum atomic E-state index is 10.4. The van der Waals surface area contributed by atoms with Gasteiger partial charge in [0.2, 0.25) is 0 Å². The van der Waals surface area contributed by atoms with Gasteiger partial charge in [-0.05, 0) is 6.08 Å². The van der Waals surface area contributed by atoms with Crippen LogP contribution in [0.25, 0.3) is 0 Å². The van der Waals surface area contributed by atoms with E-state index in [0.717, 1.165) is 0 Å². The molecular formula is C5H3NO3. The van der Waals surface area contributed by atoms with Crippen LogP contribution in [-0.2, 0) is 9.59 Å².